The summed E-state index contributed by atoms with van der Waals surface area (Å²) in [7, 11) is 1.65. The van der Waals surface area contributed by atoms with Crippen molar-refractivity contribution in [3.8, 4) is 5.75 Å². The molecule has 0 unspecified atom stereocenters. The number of hydrogen-bond donors (Lipinski definition) is 0. The number of nitrogens with zero attached hydrogens (tertiary/aromatic N) is 4. The van der Waals surface area contributed by atoms with E-state index in [-0.39, 0.29) is 18.0 Å². The fourth-order valence-corrected chi connectivity index (χ4v) is 4.43. The summed E-state index contributed by atoms with van der Waals surface area (Å²) in [4.78, 5) is 43.5. The Labute approximate surface area is 199 Å². The smallest absolute Gasteiger partial charge is 0.331 e. The van der Waals surface area contributed by atoms with E-state index < -0.39 is 5.69 Å². The number of carbonyl (C=O) groups excluding carboxylic acids is 1. The zero-order valence-electron chi connectivity index (χ0n) is 20.1. The van der Waals surface area contributed by atoms with Gasteiger partial charge in [-0.15, -0.1) is 0 Å². The van der Waals surface area contributed by atoms with Crippen LogP contribution in [0.2, 0.25) is 0 Å². The molecule has 180 valence electrons. The molecule has 0 spiro atoms. The molecule has 1 aliphatic heterocycles. The quantitative estimate of drug-likeness (QED) is 0.537. The number of anilines is 1. The Kier molecular flexibility index (Phi) is 7.05. The van der Waals surface area contributed by atoms with E-state index in [1.807, 2.05) is 24.3 Å². The number of benzene rings is 2. The number of ether oxygens (including phenoxy) is 1. The Hall–Kier alpha value is -3.55. The molecule has 34 heavy (non-hydrogen) atoms. The molecule has 4 rings (SSSR count). The molecule has 2 aromatic carbocycles. The van der Waals surface area contributed by atoms with Crippen molar-refractivity contribution in [3.05, 3.63) is 69.4 Å². The van der Waals surface area contributed by atoms with Crippen LogP contribution in [0.5, 0.6) is 5.75 Å². The number of hydrogen-bond acceptors (Lipinski definition) is 5. The molecule has 0 atom stereocenters. The SMILES string of the molecule is COc1ccccc1N1CCN(C(=O)Cn2c(=O)n(CCC(C)C)c(=O)c3ccccc32)CC1. The van der Waals surface area contributed by atoms with Gasteiger partial charge in [0.1, 0.15) is 12.3 Å². The number of aromatic nitrogens is 2. The zero-order valence-corrected chi connectivity index (χ0v) is 20.1. The van der Waals surface area contributed by atoms with Crippen molar-refractivity contribution in [2.45, 2.75) is 33.4 Å². The predicted molar refractivity (Wildman–Crippen MR) is 134 cm³/mol. The maximum absolute atomic E-state index is 13.3. The van der Waals surface area contributed by atoms with Crippen molar-refractivity contribution in [2.75, 3.05) is 38.2 Å². The lowest BCUT2D eigenvalue weighted by molar-refractivity contribution is -0.132. The fourth-order valence-electron chi connectivity index (χ4n) is 4.43. The molecule has 1 aliphatic rings. The normalized spacial score (nSPS) is 14.1. The van der Waals surface area contributed by atoms with Gasteiger partial charge in [-0.05, 0) is 36.6 Å². The van der Waals surface area contributed by atoms with Crippen LogP contribution >= 0.6 is 0 Å². The number of carbonyl (C=O) groups is 1. The zero-order chi connectivity index (χ0) is 24.2. The van der Waals surface area contributed by atoms with E-state index in [9.17, 15) is 14.4 Å². The van der Waals surface area contributed by atoms with Gasteiger partial charge in [0.25, 0.3) is 5.56 Å². The summed E-state index contributed by atoms with van der Waals surface area (Å²) in [5, 5.41) is 0.458. The molecule has 0 bridgehead atoms. The maximum atomic E-state index is 13.3. The topological polar surface area (TPSA) is 76.8 Å². The number of piperazine rings is 1. The number of para-hydroxylation sites is 3. The summed E-state index contributed by atoms with van der Waals surface area (Å²) in [6, 6.07) is 14.9. The maximum Gasteiger partial charge on any atom is 0.331 e. The monoisotopic (exact) mass is 464 g/mol. The number of rotatable bonds is 7. The predicted octanol–water partition coefficient (Wildman–Crippen LogP) is 2.57. The van der Waals surface area contributed by atoms with Crippen molar-refractivity contribution in [3.63, 3.8) is 0 Å². The van der Waals surface area contributed by atoms with E-state index in [4.69, 9.17) is 4.74 Å². The molecule has 3 aromatic rings. The second-order valence-corrected chi connectivity index (χ2v) is 9.06. The third-order valence-electron chi connectivity index (χ3n) is 6.41. The van der Waals surface area contributed by atoms with Gasteiger partial charge in [-0.3, -0.25) is 18.7 Å². The number of fused-ring (bicyclic) bond motifs is 1. The van der Waals surface area contributed by atoms with Crippen molar-refractivity contribution in [1.29, 1.82) is 0 Å². The van der Waals surface area contributed by atoms with E-state index in [2.05, 4.69) is 18.7 Å². The van der Waals surface area contributed by atoms with Crippen LogP contribution in [0, 0.1) is 5.92 Å². The summed E-state index contributed by atoms with van der Waals surface area (Å²) in [6.07, 6.45) is 0.715. The highest BCUT2D eigenvalue weighted by Crippen LogP contribution is 2.28. The molecule has 0 aliphatic carbocycles. The largest absolute Gasteiger partial charge is 0.495 e. The Morgan fingerprint density at radius 3 is 2.32 bits per heavy atom. The molecule has 2 heterocycles. The molecule has 1 aromatic heterocycles. The van der Waals surface area contributed by atoms with Gasteiger partial charge in [-0.1, -0.05) is 38.1 Å². The lowest BCUT2D eigenvalue weighted by atomic mass is 10.1. The van der Waals surface area contributed by atoms with Gasteiger partial charge in [-0.2, -0.15) is 0 Å². The van der Waals surface area contributed by atoms with E-state index in [1.165, 1.54) is 9.13 Å². The third kappa shape index (κ3) is 4.71. The van der Waals surface area contributed by atoms with Crippen molar-refractivity contribution >= 4 is 22.5 Å². The first-order valence-electron chi connectivity index (χ1n) is 11.8. The molecular formula is C26H32N4O4. The average Bonchev–Trinajstić information content (AvgIpc) is 2.86. The van der Waals surface area contributed by atoms with Crippen LogP contribution in [-0.2, 0) is 17.9 Å². The third-order valence-corrected chi connectivity index (χ3v) is 6.41. The Balaban J connectivity index is 1.55. The first-order chi connectivity index (χ1) is 16.4. The highest BCUT2D eigenvalue weighted by atomic mass is 16.5. The lowest BCUT2D eigenvalue weighted by Gasteiger charge is -2.36. The standard InChI is InChI=1S/C26H32N4O4/c1-19(2)12-13-29-25(32)20-8-4-5-9-21(20)30(26(29)33)18-24(31)28-16-14-27(15-17-28)22-10-6-7-11-23(22)34-3/h4-11,19H,12-18H2,1-3H3. The summed E-state index contributed by atoms with van der Waals surface area (Å²) in [5.74, 6) is 1.04. The van der Waals surface area contributed by atoms with Gasteiger partial charge in [0.15, 0.2) is 0 Å². The number of amides is 1. The highest BCUT2D eigenvalue weighted by Gasteiger charge is 2.24. The molecule has 1 fully saturated rings. The van der Waals surface area contributed by atoms with Crippen LogP contribution in [0.3, 0.4) is 0 Å². The first-order valence-corrected chi connectivity index (χ1v) is 11.8. The summed E-state index contributed by atoms with van der Waals surface area (Å²) < 4.78 is 8.20. The van der Waals surface area contributed by atoms with Gasteiger partial charge >= 0.3 is 5.69 Å². The van der Waals surface area contributed by atoms with Crippen LogP contribution in [0.4, 0.5) is 5.69 Å². The number of methoxy groups -OCH3 is 1. The lowest BCUT2D eigenvalue weighted by Crippen LogP contribution is -2.51. The van der Waals surface area contributed by atoms with E-state index in [0.29, 0.717) is 56.0 Å². The second-order valence-electron chi connectivity index (χ2n) is 9.06. The second kappa shape index (κ2) is 10.2. The fraction of sp³-hybridized carbons (Fsp3) is 0.423. The summed E-state index contributed by atoms with van der Waals surface area (Å²) >= 11 is 0. The molecule has 0 N–H and O–H groups in total. The van der Waals surface area contributed by atoms with Crippen LogP contribution in [0.1, 0.15) is 20.3 Å². The molecule has 1 saturated heterocycles. The van der Waals surface area contributed by atoms with Gasteiger partial charge in [-0.25, -0.2) is 4.79 Å². The van der Waals surface area contributed by atoms with Crippen molar-refractivity contribution < 1.29 is 9.53 Å². The van der Waals surface area contributed by atoms with E-state index >= 15 is 0 Å². The highest BCUT2D eigenvalue weighted by molar-refractivity contribution is 5.82. The molecule has 0 radical (unpaired) electrons. The molecular weight excluding hydrogens is 432 g/mol. The Morgan fingerprint density at radius 1 is 0.941 bits per heavy atom. The molecule has 1 amide bonds. The Morgan fingerprint density at radius 2 is 1.62 bits per heavy atom. The minimum absolute atomic E-state index is 0.0873. The average molecular weight is 465 g/mol. The van der Waals surface area contributed by atoms with Gasteiger partial charge in [0.05, 0.1) is 23.7 Å². The van der Waals surface area contributed by atoms with E-state index in [0.717, 1.165) is 11.4 Å². The summed E-state index contributed by atoms with van der Waals surface area (Å²) in [5.41, 5.74) is 0.788. The van der Waals surface area contributed by atoms with Gasteiger partial charge in [0, 0.05) is 32.7 Å². The van der Waals surface area contributed by atoms with Gasteiger partial charge in [0.2, 0.25) is 5.91 Å². The molecule has 8 heteroatoms. The van der Waals surface area contributed by atoms with Crippen LogP contribution in [-0.4, -0.2) is 53.2 Å². The Bertz CT molecular complexity index is 1290. The molecule has 8 nitrogen and oxygen atoms in total. The van der Waals surface area contributed by atoms with Gasteiger partial charge < -0.3 is 14.5 Å². The molecule has 0 saturated carbocycles. The van der Waals surface area contributed by atoms with E-state index in [1.54, 1.807) is 36.3 Å². The van der Waals surface area contributed by atoms with Crippen LogP contribution in [0.15, 0.2) is 58.1 Å². The van der Waals surface area contributed by atoms with Crippen molar-refractivity contribution in [2.24, 2.45) is 5.92 Å². The minimum Gasteiger partial charge on any atom is -0.495 e. The van der Waals surface area contributed by atoms with Crippen LogP contribution < -0.4 is 20.9 Å². The summed E-state index contributed by atoms with van der Waals surface area (Å²) in [6.45, 7) is 6.82. The minimum atomic E-state index is -0.426. The van der Waals surface area contributed by atoms with Crippen LogP contribution in [0.25, 0.3) is 10.9 Å². The van der Waals surface area contributed by atoms with Crippen molar-refractivity contribution in [1.82, 2.24) is 14.0 Å². The first kappa shape index (κ1) is 23.6.